The number of carbonyl (C=O) groups excluding carboxylic acids is 3. The topological polar surface area (TPSA) is 147 Å². The van der Waals surface area contributed by atoms with Crippen molar-refractivity contribution in [3.63, 3.8) is 0 Å². The van der Waals surface area contributed by atoms with Crippen molar-refractivity contribution in [2.75, 3.05) is 19.8 Å². The third kappa shape index (κ3) is 11.2. The summed E-state index contributed by atoms with van der Waals surface area (Å²) < 4.78 is 25.0. The van der Waals surface area contributed by atoms with Gasteiger partial charge in [0, 0.05) is 13.5 Å². The van der Waals surface area contributed by atoms with Crippen molar-refractivity contribution in [2.45, 2.75) is 59.1 Å². The Morgan fingerprint density at radius 2 is 1.55 bits per heavy atom. The van der Waals surface area contributed by atoms with Gasteiger partial charge in [0.05, 0.1) is 13.2 Å². The number of rotatable bonds is 13. The normalized spacial score (nSPS) is 12.2. The lowest BCUT2D eigenvalue weighted by Gasteiger charge is -2.19. The molecule has 0 saturated carbocycles. The van der Waals surface area contributed by atoms with Crippen molar-refractivity contribution < 1.29 is 48.0 Å². The highest BCUT2D eigenvalue weighted by atomic mass is 16.7. The van der Waals surface area contributed by atoms with Crippen LogP contribution in [-0.4, -0.2) is 61.3 Å². The maximum absolute atomic E-state index is 11.9. The van der Waals surface area contributed by atoms with E-state index in [0.29, 0.717) is 18.4 Å². The van der Waals surface area contributed by atoms with E-state index in [0.717, 1.165) is 0 Å². The zero-order valence-corrected chi connectivity index (χ0v) is 19.3. The van der Waals surface area contributed by atoms with Crippen LogP contribution in [0.15, 0.2) is 18.2 Å². The second kappa shape index (κ2) is 14.7. The fraction of sp³-hybridized carbons (Fsp3) is 0.545. The van der Waals surface area contributed by atoms with Crippen LogP contribution in [0.4, 0.5) is 9.59 Å². The minimum absolute atomic E-state index is 0.00303. The Balaban J connectivity index is 3.00. The van der Waals surface area contributed by atoms with Crippen LogP contribution in [0.2, 0.25) is 0 Å². The van der Waals surface area contributed by atoms with Gasteiger partial charge in [-0.2, -0.15) is 0 Å². The monoisotopic (exact) mass is 469 g/mol. The Kier molecular flexibility index (Phi) is 12.3. The zero-order chi connectivity index (χ0) is 24.8. The predicted octanol–water partition coefficient (Wildman–Crippen LogP) is 3.07. The van der Waals surface area contributed by atoms with Gasteiger partial charge in [-0.25, -0.2) is 9.59 Å². The summed E-state index contributed by atoms with van der Waals surface area (Å²) in [5.74, 6) is -1.81. The fourth-order valence-corrected chi connectivity index (χ4v) is 2.57. The van der Waals surface area contributed by atoms with E-state index in [4.69, 9.17) is 23.7 Å². The van der Waals surface area contributed by atoms with Crippen molar-refractivity contribution in [2.24, 2.45) is 0 Å². The smallest absolute Gasteiger partial charge is 0.480 e. The van der Waals surface area contributed by atoms with E-state index in [2.05, 4.69) is 5.32 Å². The number of aliphatic carboxylic acids is 1. The van der Waals surface area contributed by atoms with Gasteiger partial charge in [-0.3, -0.25) is 9.59 Å². The van der Waals surface area contributed by atoms with E-state index in [1.54, 1.807) is 6.92 Å². The summed E-state index contributed by atoms with van der Waals surface area (Å²) >= 11 is 0. The first-order valence-electron chi connectivity index (χ1n) is 10.6. The van der Waals surface area contributed by atoms with E-state index in [-0.39, 0.29) is 37.7 Å². The molecule has 33 heavy (non-hydrogen) atoms. The van der Waals surface area contributed by atoms with Crippen LogP contribution >= 0.6 is 0 Å². The molecule has 11 heteroatoms. The standard InChI is InChI=1S/C22H31NO10/c1-5-9-29-21(27)32-18-8-7-16(12-19(18)33-22(28)30-10-6-2)11-17(20(25)26)23-13-14(3)31-15(4)24/h7-8,12,14,17,23H,5-6,9-11,13H2,1-4H3,(H,25,26)/t14?,17-/m0/s1. The third-order valence-corrected chi connectivity index (χ3v) is 4.00. The van der Waals surface area contributed by atoms with Crippen molar-refractivity contribution in [1.29, 1.82) is 0 Å². The van der Waals surface area contributed by atoms with Gasteiger partial charge in [-0.15, -0.1) is 0 Å². The molecule has 1 rings (SSSR count). The molecule has 0 amide bonds. The van der Waals surface area contributed by atoms with E-state index in [1.807, 2.05) is 13.8 Å². The molecule has 0 aromatic heterocycles. The first-order valence-corrected chi connectivity index (χ1v) is 10.6. The summed E-state index contributed by atoms with van der Waals surface area (Å²) in [6.07, 6.45) is -1.31. The lowest BCUT2D eigenvalue weighted by atomic mass is 10.0. The number of carboxylic acids is 1. The molecule has 0 saturated heterocycles. The summed E-state index contributed by atoms with van der Waals surface area (Å²) in [4.78, 5) is 46.4. The third-order valence-electron chi connectivity index (χ3n) is 4.00. The van der Waals surface area contributed by atoms with Gasteiger partial charge in [0.2, 0.25) is 0 Å². The predicted molar refractivity (Wildman–Crippen MR) is 115 cm³/mol. The van der Waals surface area contributed by atoms with Crippen molar-refractivity contribution >= 4 is 24.2 Å². The molecule has 0 fully saturated rings. The lowest BCUT2D eigenvalue weighted by Crippen LogP contribution is -2.42. The maximum atomic E-state index is 11.9. The van der Waals surface area contributed by atoms with Crippen molar-refractivity contribution in [1.82, 2.24) is 5.32 Å². The molecule has 0 heterocycles. The average Bonchev–Trinajstić information content (AvgIpc) is 2.74. The number of carbonyl (C=O) groups is 4. The van der Waals surface area contributed by atoms with Crippen LogP contribution in [0.25, 0.3) is 0 Å². The Hall–Kier alpha value is -3.34. The molecule has 0 aliphatic rings. The minimum atomic E-state index is -1.13. The number of esters is 1. The van der Waals surface area contributed by atoms with E-state index < -0.39 is 36.4 Å². The molecular weight excluding hydrogens is 438 g/mol. The largest absolute Gasteiger partial charge is 0.513 e. The Bertz CT molecular complexity index is 810. The van der Waals surface area contributed by atoms with Crippen molar-refractivity contribution in [3.05, 3.63) is 23.8 Å². The highest BCUT2D eigenvalue weighted by molar-refractivity contribution is 5.74. The molecule has 1 aromatic carbocycles. The molecule has 1 aromatic rings. The van der Waals surface area contributed by atoms with Gasteiger partial charge in [0.15, 0.2) is 11.5 Å². The number of ether oxygens (including phenoxy) is 5. The number of hydrogen-bond donors (Lipinski definition) is 2. The average molecular weight is 469 g/mol. The highest BCUT2D eigenvalue weighted by Crippen LogP contribution is 2.30. The molecular formula is C22H31NO10. The van der Waals surface area contributed by atoms with Gasteiger partial charge < -0.3 is 34.1 Å². The van der Waals surface area contributed by atoms with Gasteiger partial charge in [0.25, 0.3) is 0 Å². The second-order valence-electron chi connectivity index (χ2n) is 7.11. The molecule has 11 nitrogen and oxygen atoms in total. The van der Waals surface area contributed by atoms with Gasteiger partial charge in [-0.05, 0) is 43.9 Å². The fourth-order valence-electron chi connectivity index (χ4n) is 2.57. The Morgan fingerprint density at radius 3 is 2.06 bits per heavy atom. The summed E-state index contributed by atoms with van der Waals surface area (Å²) in [7, 11) is 0. The molecule has 1 unspecified atom stereocenters. The number of benzene rings is 1. The van der Waals surface area contributed by atoms with Crippen LogP contribution in [-0.2, 0) is 30.2 Å². The summed E-state index contributed by atoms with van der Waals surface area (Å²) in [5, 5.41) is 12.4. The molecule has 2 N–H and O–H groups in total. The molecule has 0 radical (unpaired) electrons. The SMILES string of the molecule is CCCOC(=O)Oc1ccc(C[C@H](NCC(C)OC(C)=O)C(=O)O)cc1OC(=O)OCCC. The summed E-state index contributed by atoms with van der Waals surface area (Å²) in [6, 6.07) is 3.25. The van der Waals surface area contributed by atoms with Crippen LogP contribution in [0.1, 0.15) is 46.1 Å². The molecule has 0 aliphatic carbocycles. The number of nitrogens with one attached hydrogen (secondary N) is 1. The van der Waals surface area contributed by atoms with E-state index >= 15 is 0 Å². The van der Waals surface area contributed by atoms with E-state index in [9.17, 15) is 24.3 Å². The second-order valence-corrected chi connectivity index (χ2v) is 7.11. The maximum Gasteiger partial charge on any atom is 0.513 e. The number of carboxylic acid groups (broad SMARTS) is 1. The highest BCUT2D eigenvalue weighted by Gasteiger charge is 2.22. The minimum Gasteiger partial charge on any atom is -0.480 e. The zero-order valence-electron chi connectivity index (χ0n) is 19.3. The first-order chi connectivity index (χ1) is 15.7. The summed E-state index contributed by atoms with van der Waals surface area (Å²) in [5.41, 5.74) is 0.475. The first kappa shape index (κ1) is 27.7. The summed E-state index contributed by atoms with van der Waals surface area (Å²) in [6.45, 7) is 6.94. The Morgan fingerprint density at radius 1 is 0.970 bits per heavy atom. The van der Waals surface area contributed by atoms with Crippen LogP contribution in [0, 0.1) is 0 Å². The van der Waals surface area contributed by atoms with Gasteiger partial charge >= 0.3 is 24.2 Å². The van der Waals surface area contributed by atoms with Crippen LogP contribution in [0.5, 0.6) is 11.5 Å². The molecule has 184 valence electrons. The Labute approximate surface area is 192 Å². The molecule has 0 bridgehead atoms. The van der Waals surface area contributed by atoms with Crippen LogP contribution < -0.4 is 14.8 Å². The number of hydrogen-bond acceptors (Lipinski definition) is 10. The molecule has 0 spiro atoms. The van der Waals surface area contributed by atoms with Crippen LogP contribution in [0.3, 0.4) is 0 Å². The lowest BCUT2D eigenvalue weighted by molar-refractivity contribution is -0.145. The van der Waals surface area contributed by atoms with Gasteiger partial charge in [0.1, 0.15) is 12.1 Å². The quantitative estimate of drug-likeness (QED) is 0.249. The van der Waals surface area contributed by atoms with Gasteiger partial charge in [-0.1, -0.05) is 19.9 Å². The molecule has 0 aliphatic heterocycles. The van der Waals surface area contributed by atoms with Crippen molar-refractivity contribution in [3.8, 4) is 11.5 Å². The molecule has 2 atom stereocenters. The van der Waals surface area contributed by atoms with E-state index in [1.165, 1.54) is 25.1 Å².